The topological polar surface area (TPSA) is 61.4 Å². The van der Waals surface area contributed by atoms with Crippen LogP contribution in [0.25, 0.3) is 0 Å². The number of likely N-dealkylation sites (tertiary alicyclic amines) is 1. The fourth-order valence-electron chi connectivity index (χ4n) is 3.25. The summed E-state index contributed by atoms with van der Waals surface area (Å²) in [4.78, 5) is 26.1. The van der Waals surface area contributed by atoms with Crippen LogP contribution in [0.3, 0.4) is 0 Å². The molecule has 0 radical (unpaired) electrons. The Balaban J connectivity index is 0.00000208. The molecule has 6 heteroatoms. The highest BCUT2D eigenvalue weighted by molar-refractivity contribution is 5.92. The highest BCUT2D eigenvalue weighted by atomic mass is 35.5. The molecular weight excluding hydrogens is 326 g/mol. The predicted octanol–water partition coefficient (Wildman–Crippen LogP) is 2.21. The molecule has 2 amide bonds. The van der Waals surface area contributed by atoms with E-state index in [0.717, 1.165) is 63.1 Å². The van der Waals surface area contributed by atoms with E-state index in [2.05, 4.69) is 10.6 Å². The number of hydrogen-bond donors (Lipinski definition) is 2. The van der Waals surface area contributed by atoms with Gasteiger partial charge in [0.25, 0.3) is 0 Å². The van der Waals surface area contributed by atoms with Crippen LogP contribution in [-0.4, -0.2) is 42.9 Å². The van der Waals surface area contributed by atoms with Gasteiger partial charge in [0, 0.05) is 31.7 Å². The van der Waals surface area contributed by atoms with Crippen LogP contribution >= 0.6 is 12.4 Å². The van der Waals surface area contributed by atoms with Gasteiger partial charge in [-0.05, 0) is 49.9 Å². The molecule has 2 N–H and O–H groups in total. The summed E-state index contributed by atoms with van der Waals surface area (Å²) in [5.74, 6) is 0.424. The van der Waals surface area contributed by atoms with Crippen LogP contribution in [0.15, 0.2) is 24.3 Å². The van der Waals surface area contributed by atoms with E-state index in [1.165, 1.54) is 0 Å². The van der Waals surface area contributed by atoms with Gasteiger partial charge in [-0.3, -0.25) is 9.59 Å². The van der Waals surface area contributed by atoms with Crippen molar-refractivity contribution < 1.29 is 9.59 Å². The molecule has 0 aliphatic carbocycles. The monoisotopic (exact) mass is 351 g/mol. The zero-order chi connectivity index (χ0) is 16.1. The normalized spacial score (nSPS) is 19.8. The second-order valence-corrected chi connectivity index (χ2v) is 6.46. The molecule has 2 fully saturated rings. The summed E-state index contributed by atoms with van der Waals surface area (Å²) in [6.07, 6.45) is 4.51. The van der Waals surface area contributed by atoms with Gasteiger partial charge in [0.2, 0.25) is 11.8 Å². The van der Waals surface area contributed by atoms with Gasteiger partial charge < -0.3 is 15.5 Å². The van der Waals surface area contributed by atoms with Gasteiger partial charge in [0.05, 0.1) is 5.92 Å². The van der Waals surface area contributed by atoms with Crippen molar-refractivity contribution in [2.45, 2.75) is 32.1 Å². The molecule has 2 saturated heterocycles. The summed E-state index contributed by atoms with van der Waals surface area (Å²) >= 11 is 0. The van der Waals surface area contributed by atoms with Gasteiger partial charge in [-0.25, -0.2) is 0 Å². The van der Waals surface area contributed by atoms with Crippen molar-refractivity contribution in [1.82, 2.24) is 10.2 Å². The van der Waals surface area contributed by atoms with E-state index >= 15 is 0 Å². The van der Waals surface area contributed by atoms with E-state index in [-0.39, 0.29) is 30.1 Å². The summed E-state index contributed by atoms with van der Waals surface area (Å²) in [6.45, 7) is 3.52. The molecule has 2 aliphatic rings. The first-order valence-electron chi connectivity index (χ1n) is 8.61. The number of aryl methyl sites for hydroxylation is 1. The second kappa shape index (κ2) is 9.04. The van der Waals surface area contributed by atoms with Crippen molar-refractivity contribution in [2.24, 2.45) is 5.92 Å². The van der Waals surface area contributed by atoms with Gasteiger partial charge in [-0.15, -0.1) is 12.4 Å². The zero-order valence-corrected chi connectivity index (χ0v) is 14.7. The Morgan fingerprint density at radius 3 is 2.50 bits per heavy atom. The highest BCUT2D eigenvalue weighted by Gasteiger charge is 2.22. The lowest BCUT2D eigenvalue weighted by molar-refractivity contribution is -0.130. The van der Waals surface area contributed by atoms with Gasteiger partial charge >= 0.3 is 0 Å². The second-order valence-electron chi connectivity index (χ2n) is 6.46. The molecule has 2 aliphatic heterocycles. The molecule has 0 bridgehead atoms. The molecule has 1 aromatic carbocycles. The Hall–Kier alpha value is -1.59. The number of amides is 2. The lowest BCUT2D eigenvalue weighted by Crippen LogP contribution is -2.27. The van der Waals surface area contributed by atoms with Gasteiger partial charge in [0.1, 0.15) is 0 Å². The summed E-state index contributed by atoms with van der Waals surface area (Å²) in [7, 11) is 0. The van der Waals surface area contributed by atoms with Crippen LogP contribution in [0.5, 0.6) is 0 Å². The van der Waals surface area contributed by atoms with Crippen LogP contribution in [-0.2, 0) is 16.0 Å². The molecule has 1 unspecified atom stereocenters. The maximum absolute atomic E-state index is 12.1. The smallest absolute Gasteiger partial charge is 0.228 e. The third kappa shape index (κ3) is 4.95. The molecule has 132 valence electrons. The first-order chi connectivity index (χ1) is 11.2. The molecule has 3 rings (SSSR count). The molecule has 0 aromatic heterocycles. The molecule has 0 spiro atoms. The van der Waals surface area contributed by atoms with Crippen molar-refractivity contribution >= 4 is 29.9 Å². The highest BCUT2D eigenvalue weighted by Crippen LogP contribution is 2.16. The van der Waals surface area contributed by atoms with Crippen molar-refractivity contribution in [1.29, 1.82) is 0 Å². The maximum Gasteiger partial charge on any atom is 0.228 e. The number of nitrogens with one attached hydrogen (secondary N) is 2. The average Bonchev–Trinajstić information content (AvgIpc) is 3.27. The molecule has 0 saturated carbocycles. The number of carbonyl (C=O) groups is 2. The number of rotatable bonds is 5. The number of hydrogen-bond acceptors (Lipinski definition) is 3. The van der Waals surface area contributed by atoms with Crippen LogP contribution in [0.1, 0.15) is 31.2 Å². The third-order valence-electron chi connectivity index (χ3n) is 4.74. The van der Waals surface area contributed by atoms with Crippen LogP contribution in [0, 0.1) is 5.92 Å². The molecule has 5 nitrogen and oxygen atoms in total. The van der Waals surface area contributed by atoms with E-state index in [4.69, 9.17) is 0 Å². The Bertz CT molecular complexity index is 550. The van der Waals surface area contributed by atoms with Crippen molar-refractivity contribution in [2.75, 3.05) is 31.5 Å². The largest absolute Gasteiger partial charge is 0.343 e. The van der Waals surface area contributed by atoms with Gasteiger partial charge in [-0.1, -0.05) is 12.1 Å². The van der Waals surface area contributed by atoms with Crippen LogP contribution in [0.2, 0.25) is 0 Å². The van der Waals surface area contributed by atoms with Crippen molar-refractivity contribution in [3.8, 4) is 0 Å². The molecule has 24 heavy (non-hydrogen) atoms. The SMILES string of the molecule is Cl.O=C(Nc1ccc(CCC(=O)N2CCCC2)cc1)C1CCNC1. The number of anilines is 1. The molecular formula is C18H26ClN3O2. The first-order valence-corrected chi connectivity index (χ1v) is 8.61. The standard InChI is InChI=1S/C18H25N3O2.ClH/c22-17(21-11-1-2-12-21)8-5-14-3-6-16(7-4-14)20-18(23)15-9-10-19-13-15;/h3-4,6-7,15,19H,1-2,5,8-13H2,(H,20,23);1H. The Morgan fingerprint density at radius 2 is 1.88 bits per heavy atom. The Kier molecular flexibility index (Phi) is 7.06. The minimum atomic E-state index is 0. The number of benzene rings is 1. The van der Waals surface area contributed by atoms with Crippen molar-refractivity contribution in [3.05, 3.63) is 29.8 Å². The van der Waals surface area contributed by atoms with E-state index in [0.29, 0.717) is 6.42 Å². The summed E-state index contributed by atoms with van der Waals surface area (Å²) in [5, 5.41) is 6.17. The molecule has 2 heterocycles. The third-order valence-corrected chi connectivity index (χ3v) is 4.74. The first kappa shape index (κ1) is 18.7. The number of carbonyl (C=O) groups excluding carboxylic acids is 2. The minimum absolute atomic E-state index is 0. The van der Waals surface area contributed by atoms with E-state index in [1.807, 2.05) is 29.2 Å². The fourth-order valence-corrected chi connectivity index (χ4v) is 3.25. The van der Waals surface area contributed by atoms with E-state index in [9.17, 15) is 9.59 Å². The predicted molar refractivity (Wildman–Crippen MR) is 97.4 cm³/mol. The summed E-state index contributed by atoms with van der Waals surface area (Å²) < 4.78 is 0. The summed E-state index contributed by atoms with van der Waals surface area (Å²) in [6, 6.07) is 7.85. The molecule has 1 aromatic rings. The van der Waals surface area contributed by atoms with Crippen LogP contribution in [0.4, 0.5) is 5.69 Å². The van der Waals surface area contributed by atoms with Gasteiger partial charge in [-0.2, -0.15) is 0 Å². The Morgan fingerprint density at radius 1 is 1.17 bits per heavy atom. The Labute approximate surface area is 149 Å². The van der Waals surface area contributed by atoms with Gasteiger partial charge in [0.15, 0.2) is 0 Å². The quantitative estimate of drug-likeness (QED) is 0.855. The molecule has 1 atom stereocenters. The van der Waals surface area contributed by atoms with Crippen molar-refractivity contribution in [3.63, 3.8) is 0 Å². The zero-order valence-electron chi connectivity index (χ0n) is 13.9. The van der Waals surface area contributed by atoms with Crippen LogP contribution < -0.4 is 10.6 Å². The number of halogens is 1. The summed E-state index contributed by atoms with van der Waals surface area (Å²) in [5.41, 5.74) is 1.97. The number of nitrogens with zero attached hydrogens (tertiary/aromatic N) is 1. The fraction of sp³-hybridized carbons (Fsp3) is 0.556. The lowest BCUT2D eigenvalue weighted by atomic mass is 10.1. The van der Waals surface area contributed by atoms with E-state index < -0.39 is 0 Å². The lowest BCUT2D eigenvalue weighted by Gasteiger charge is -2.15. The maximum atomic E-state index is 12.1. The average molecular weight is 352 g/mol. The van der Waals surface area contributed by atoms with E-state index in [1.54, 1.807) is 0 Å². The minimum Gasteiger partial charge on any atom is -0.343 e.